The maximum atomic E-state index is 15.5. The minimum Gasteiger partial charge on any atom is -0.476 e. The number of aliphatic hydroxyl groups is 1. The number of phosphoric acid groups is 1. The molecule has 0 saturated carbocycles. The second kappa shape index (κ2) is 7.08. The van der Waals surface area contributed by atoms with E-state index in [4.69, 9.17) is 28.8 Å². The third kappa shape index (κ3) is 3.35. The van der Waals surface area contributed by atoms with Gasteiger partial charge in [0.2, 0.25) is 11.8 Å². The van der Waals surface area contributed by atoms with E-state index in [9.17, 15) is 9.67 Å². The third-order valence-corrected chi connectivity index (χ3v) is 6.26. The Labute approximate surface area is 171 Å². The van der Waals surface area contributed by atoms with E-state index in [0.29, 0.717) is 6.61 Å². The van der Waals surface area contributed by atoms with E-state index in [1.807, 2.05) is 0 Å². The lowest BCUT2D eigenvalue weighted by atomic mass is 9.95. The standard InChI is InChI=1S/C16H23FN5O7P/c1-5-25-11-9-10(20-14(18)21-11)22(7-19-9)13-15(4,23)12-16(17,27-13)6-26-30(24,29-12)28-8(2)3/h7-8,12-13,23H,5-6H2,1-4H3,(H2,18,20,21)/t12-,13+,15+,16+,30?/m0/s1. The van der Waals surface area contributed by atoms with Gasteiger partial charge in [0.15, 0.2) is 23.5 Å². The first-order chi connectivity index (χ1) is 14.0. The van der Waals surface area contributed by atoms with Crippen molar-refractivity contribution < 1.29 is 37.1 Å². The molecule has 1 unspecified atom stereocenters. The highest BCUT2D eigenvalue weighted by atomic mass is 31.2. The van der Waals surface area contributed by atoms with Crippen molar-refractivity contribution in [3.05, 3.63) is 6.33 Å². The zero-order chi connectivity index (χ0) is 21.9. The van der Waals surface area contributed by atoms with Crippen molar-refractivity contribution in [3.8, 4) is 5.88 Å². The van der Waals surface area contributed by atoms with Crippen molar-refractivity contribution in [2.45, 2.75) is 57.6 Å². The number of nitrogen functional groups attached to an aromatic ring is 1. The summed E-state index contributed by atoms with van der Waals surface area (Å²) in [6.45, 7) is 5.83. The highest BCUT2D eigenvalue weighted by molar-refractivity contribution is 7.48. The lowest BCUT2D eigenvalue weighted by Gasteiger charge is -2.37. The van der Waals surface area contributed by atoms with Crippen molar-refractivity contribution >= 4 is 24.9 Å². The number of anilines is 1. The lowest BCUT2D eigenvalue weighted by Crippen LogP contribution is -2.52. The number of nitrogens with zero attached hydrogens (tertiary/aromatic N) is 4. The van der Waals surface area contributed by atoms with Crippen molar-refractivity contribution in [3.63, 3.8) is 0 Å². The van der Waals surface area contributed by atoms with Crippen molar-refractivity contribution in [2.75, 3.05) is 18.9 Å². The first-order valence-corrected chi connectivity index (χ1v) is 10.8. The van der Waals surface area contributed by atoms with E-state index >= 15 is 4.39 Å². The number of ether oxygens (including phenoxy) is 2. The van der Waals surface area contributed by atoms with E-state index in [1.54, 1.807) is 20.8 Å². The topological polar surface area (TPSA) is 153 Å². The second-order valence-electron chi connectivity index (χ2n) is 7.49. The van der Waals surface area contributed by atoms with Crippen LogP contribution in [0.3, 0.4) is 0 Å². The van der Waals surface area contributed by atoms with Gasteiger partial charge < -0.3 is 20.3 Å². The number of hydrogen-bond acceptors (Lipinski definition) is 11. The summed E-state index contributed by atoms with van der Waals surface area (Å²) in [7, 11) is -4.11. The Hall–Kier alpha value is -1.89. The fourth-order valence-electron chi connectivity index (χ4n) is 3.52. The average Bonchev–Trinajstić information content (AvgIpc) is 3.13. The molecule has 2 aliphatic heterocycles. The smallest absolute Gasteiger partial charge is 0.475 e. The van der Waals surface area contributed by atoms with Gasteiger partial charge in [-0.05, 0) is 27.7 Å². The summed E-state index contributed by atoms with van der Waals surface area (Å²) < 4.78 is 55.9. The summed E-state index contributed by atoms with van der Waals surface area (Å²) in [5.41, 5.74) is 4.15. The average molecular weight is 447 g/mol. The van der Waals surface area contributed by atoms with Gasteiger partial charge in [0.05, 0.1) is 19.0 Å². The number of imidazole rings is 1. The summed E-state index contributed by atoms with van der Waals surface area (Å²) in [6, 6.07) is 0. The highest BCUT2D eigenvalue weighted by Gasteiger charge is 2.69. The molecule has 4 rings (SSSR count). The van der Waals surface area contributed by atoms with Gasteiger partial charge in [-0.1, -0.05) is 0 Å². The molecule has 5 atom stereocenters. The van der Waals surface area contributed by atoms with Crippen LogP contribution in [0.4, 0.5) is 10.3 Å². The summed E-state index contributed by atoms with van der Waals surface area (Å²) in [4.78, 5) is 12.3. The van der Waals surface area contributed by atoms with E-state index in [-0.39, 0.29) is 23.0 Å². The molecule has 0 aliphatic carbocycles. The van der Waals surface area contributed by atoms with E-state index in [1.165, 1.54) is 17.8 Å². The van der Waals surface area contributed by atoms with Gasteiger partial charge >= 0.3 is 7.82 Å². The number of rotatable bonds is 5. The molecule has 2 aliphatic rings. The van der Waals surface area contributed by atoms with Gasteiger partial charge in [-0.15, -0.1) is 0 Å². The van der Waals surface area contributed by atoms with E-state index in [0.717, 1.165) is 0 Å². The zero-order valence-electron chi connectivity index (χ0n) is 16.8. The normalized spacial score (nSPS) is 36.4. The molecule has 0 aromatic carbocycles. The molecule has 3 N–H and O–H groups in total. The van der Waals surface area contributed by atoms with Gasteiger partial charge in [-0.25, -0.2) is 13.9 Å². The van der Waals surface area contributed by atoms with Crippen LogP contribution < -0.4 is 10.5 Å². The number of fused-ring (bicyclic) bond motifs is 2. The van der Waals surface area contributed by atoms with Gasteiger partial charge in [0, 0.05) is 0 Å². The molecule has 4 heterocycles. The third-order valence-electron chi connectivity index (χ3n) is 4.66. The van der Waals surface area contributed by atoms with Crippen LogP contribution in [0.15, 0.2) is 6.33 Å². The van der Waals surface area contributed by atoms with Crippen molar-refractivity contribution in [1.82, 2.24) is 19.5 Å². The number of phosphoric ester groups is 1. The molecule has 166 valence electrons. The number of nitrogens with two attached hydrogens (primary N) is 1. The molecular formula is C16H23FN5O7P. The predicted molar refractivity (Wildman–Crippen MR) is 100 cm³/mol. The lowest BCUT2D eigenvalue weighted by molar-refractivity contribution is -0.220. The Morgan fingerprint density at radius 2 is 2.23 bits per heavy atom. The Bertz CT molecular complexity index is 1020. The first-order valence-electron chi connectivity index (χ1n) is 9.32. The van der Waals surface area contributed by atoms with Crippen LogP contribution >= 0.6 is 7.82 Å². The van der Waals surface area contributed by atoms with Gasteiger partial charge in [0.25, 0.3) is 5.85 Å². The molecule has 14 heteroatoms. The van der Waals surface area contributed by atoms with Crippen molar-refractivity contribution in [2.24, 2.45) is 0 Å². The minimum absolute atomic E-state index is 0.105. The van der Waals surface area contributed by atoms with Crippen LogP contribution in [0.25, 0.3) is 11.2 Å². The SMILES string of the molecule is CCOc1nc(N)nc2c1ncn2[C@@H]1O[C@]2(F)COP(=O)(OC(C)C)O[C@H]2[C@@]1(C)O. The number of alkyl halides is 1. The molecule has 12 nitrogen and oxygen atoms in total. The summed E-state index contributed by atoms with van der Waals surface area (Å²) in [5.74, 6) is -2.56. The Morgan fingerprint density at radius 1 is 1.50 bits per heavy atom. The van der Waals surface area contributed by atoms with Crippen LogP contribution in [0.1, 0.15) is 33.9 Å². The molecule has 2 fully saturated rings. The maximum absolute atomic E-state index is 15.5. The number of aromatic nitrogens is 4. The zero-order valence-corrected chi connectivity index (χ0v) is 17.7. The number of halogens is 1. The van der Waals surface area contributed by atoms with Crippen LogP contribution in [-0.2, 0) is 22.9 Å². The van der Waals surface area contributed by atoms with Crippen LogP contribution in [0.5, 0.6) is 5.88 Å². The Kier molecular flexibility index (Phi) is 5.03. The van der Waals surface area contributed by atoms with E-state index in [2.05, 4.69) is 15.0 Å². The molecule has 0 bridgehead atoms. The Balaban J connectivity index is 1.74. The second-order valence-corrected chi connectivity index (χ2v) is 9.06. The van der Waals surface area contributed by atoms with Gasteiger partial charge in [-0.2, -0.15) is 9.97 Å². The van der Waals surface area contributed by atoms with Crippen molar-refractivity contribution in [1.29, 1.82) is 0 Å². The van der Waals surface area contributed by atoms with Crippen LogP contribution in [0, 0.1) is 0 Å². The molecule has 0 spiro atoms. The predicted octanol–water partition coefficient (Wildman–Crippen LogP) is 1.70. The summed E-state index contributed by atoms with van der Waals surface area (Å²) >= 11 is 0. The molecule has 2 saturated heterocycles. The van der Waals surface area contributed by atoms with Gasteiger partial charge in [0.1, 0.15) is 12.2 Å². The molecule has 0 amide bonds. The van der Waals surface area contributed by atoms with Crippen LogP contribution in [0.2, 0.25) is 0 Å². The highest BCUT2D eigenvalue weighted by Crippen LogP contribution is 2.62. The first kappa shape index (κ1) is 21.3. The summed E-state index contributed by atoms with van der Waals surface area (Å²) in [6.07, 6.45) is -2.27. The monoisotopic (exact) mass is 447 g/mol. The summed E-state index contributed by atoms with van der Waals surface area (Å²) in [5, 5.41) is 11.2. The fraction of sp³-hybridized carbons (Fsp3) is 0.688. The molecule has 0 radical (unpaired) electrons. The quantitative estimate of drug-likeness (QED) is 0.644. The number of hydrogen-bond donors (Lipinski definition) is 2. The Morgan fingerprint density at radius 3 is 2.90 bits per heavy atom. The maximum Gasteiger partial charge on any atom is 0.475 e. The van der Waals surface area contributed by atoms with Gasteiger partial charge in [-0.3, -0.25) is 18.1 Å². The minimum atomic E-state index is -4.11. The fourth-order valence-corrected chi connectivity index (χ4v) is 5.17. The molecule has 2 aromatic heterocycles. The molecule has 30 heavy (non-hydrogen) atoms. The largest absolute Gasteiger partial charge is 0.476 e. The molecular weight excluding hydrogens is 424 g/mol. The molecule has 2 aromatic rings. The van der Waals surface area contributed by atoms with Crippen LogP contribution in [-0.4, -0.2) is 61.5 Å². The van der Waals surface area contributed by atoms with E-state index < -0.39 is 44.3 Å².